The molecule has 1 aliphatic heterocycles. The predicted octanol–water partition coefficient (Wildman–Crippen LogP) is 1.16. The number of hydrogen-bond donors (Lipinski definition) is 1. The Balaban J connectivity index is 2.46. The zero-order valence-electron chi connectivity index (χ0n) is 11.4. The number of aromatic amines is 1. The summed E-state index contributed by atoms with van der Waals surface area (Å²) in [5.41, 5.74) is 0.968. The molecule has 106 valence electrons. The molecule has 1 saturated heterocycles. The van der Waals surface area contributed by atoms with E-state index < -0.39 is 16.1 Å². The third-order valence-corrected chi connectivity index (χ3v) is 5.72. The van der Waals surface area contributed by atoms with Crippen molar-refractivity contribution in [1.82, 2.24) is 14.5 Å². The first kappa shape index (κ1) is 14.2. The molecular weight excluding hydrogens is 266 g/mol. The second-order valence-electron chi connectivity index (χ2n) is 5.00. The Bertz CT molecular complexity index is 572. The minimum absolute atomic E-state index is 0.0953. The maximum atomic E-state index is 12.7. The molecule has 1 N–H and O–H groups in total. The number of rotatable bonds is 3. The van der Waals surface area contributed by atoms with Crippen LogP contribution in [0.1, 0.15) is 37.6 Å². The average molecular weight is 285 g/mol. The summed E-state index contributed by atoms with van der Waals surface area (Å²) in [6.07, 6.45) is 2.28. The standard InChI is InChI=1S/C12H19N3O3S/c1-8-12(9(2)14-13-8)19(17,18)15-7-5-4-6-11(15)10(3)16/h11H,4-7H2,1-3H3,(H,13,14). The van der Waals surface area contributed by atoms with E-state index in [0.29, 0.717) is 24.4 Å². The van der Waals surface area contributed by atoms with E-state index in [1.807, 2.05) is 0 Å². The van der Waals surface area contributed by atoms with Crippen LogP contribution in [0.3, 0.4) is 0 Å². The lowest BCUT2D eigenvalue weighted by molar-refractivity contribution is -0.121. The molecular formula is C12H19N3O3S. The van der Waals surface area contributed by atoms with E-state index in [1.165, 1.54) is 11.2 Å². The van der Waals surface area contributed by atoms with Gasteiger partial charge in [0.2, 0.25) is 10.0 Å². The highest BCUT2D eigenvalue weighted by Gasteiger charge is 2.38. The smallest absolute Gasteiger partial charge is 0.247 e. The van der Waals surface area contributed by atoms with Crippen LogP contribution < -0.4 is 0 Å². The van der Waals surface area contributed by atoms with Gasteiger partial charge >= 0.3 is 0 Å². The molecule has 0 amide bonds. The van der Waals surface area contributed by atoms with E-state index >= 15 is 0 Å². The number of piperidine rings is 1. The van der Waals surface area contributed by atoms with Gasteiger partial charge in [0.15, 0.2) is 0 Å². The van der Waals surface area contributed by atoms with Crippen molar-refractivity contribution in [2.45, 2.75) is 51.0 Å². The number of nitrogens with one attached hydrogen (secondary N) is 1. The minimum atomic E-state index is -3.66. The highest BCUT2D eigenvalue weighted by atomic mass is 32.2. The molecule has 0 aromatic carbocycles. The summed E-state index contributed by atoms with van der Waals surface area (Å²) in [5, 5.41) is 6.62. The normalized spacial score (nSPS) is 21.5. The number of Topliss-reactive ketones (excluding diaryl/α,β-unsaturated/α-hetero) is 1. The lowest BCUT2D eigenvalue weighted by Crippen LogP contribution is -2.47. The number of carbonyl (C=O) groups excluding carboxylic acids is 1. The van der Waals surface area contributed by atoms with Crippen molar-refractivity contribution >= 4 is 15.8 Å². The Morgan fingerprint density at radius 2 is 2.05 bits per heavy atom. The second kappa shape index (κ2) is 5.05. The topological polar surface area (TPSA) is 83.1 Å². The molecule has 1 unspecified atom stereocenters. The zero-order chi connectivity index (χ0) is 14.2. The predicted molar refractivity (Wildman–Crippen MR) is 70.3 cm³/mol. The summed E-state index contributed by atoms with van der Waals surface area (Å²) < 4.78 is 26.8. The molecule has 19 heavy (non-hydrogen) atoms. The average Bonchev–Trinajstić information content (AvgIpc) is 2.69. The number of sulfonamides is 1. The number of nitrogens with zero attached hydrogens (tertiary/aromatic N) is 2. The molecule has 2 rings (SSSR count). The fourth-order valence-electron chi connectivity index (χ4n) is 2.64. The lowest BCUT2D eigenvalue weighted by atomic mass is 10.0. The van der Waals surface area contributed by atoms with E-state index in [2.05, 4.69) is 10.2 Å². The molecule has 1 aliphatic rings. The van der Waals surface area contributed by atoms with Crippen molar-refractivity contribution in [3.8, 4) is 0 Å². The van der Waals surface area contributed by atoms with Crippen LogP contribution >= 0.6 is 0 Å². The van der Waals surface area contributed by atoms with Gasteiger partial charge in [0, 0.05) is 6.54 Å². The van der Waals surface area contributed by atoms with Crippen LogP contribution in [0.5, 0.6) is 0 Å². The summed E-state index contributed by atoms with van der Waals surface area (Å²) in [7, 11) is -3.66. The van der Waals surface area contributed by atoms with E-state index in [0.717, 1.165) is 12.8 Å². The maximum absolute atomic E-state index is 12.7. The number of aromatic nitrogens is 2. The Morgan fingerprint density at radius 1 is 1.37 bits per heavy atom. The summed E-state index contributed by atoms with van der Waals surface area (Å²) in [6.45, 7) is 5.19. The fourth-order valence-corrected chi connectivity index (χ4v) is 4.68. The first-order chi connectivity index (χ1) is 8.85. The van der Waals surface area contributed by atoms with E-state index in [9.17, 15) is 13.2 Å². The molecule has 0 radical (unpaired) electrons. The van der Waals surface area contributed by atoms with Crippen LogP contribution in [0.2, 0.25) is 0 Å². The monoisotopic (exact) mass is 285 g/mol. The summed E-state index contributed by atoms with van der Waals surface area (Å²) in [4.78, 5) is 11.9. The van der Waals surface area contributed by atoms with Crippen molar-refractivity contribution < 1.29 is 13.2 Å². The Hall–Kier alpha value is -1.21. The Morgan fingerprint density at radius 3 is 2.58 bits per heavy atom. The van der Waals surface area contributed by atoms with Crippen LogP contribution in [0.15, 0.2) is 4.90 Å². The maximum Gasteiger partial charge on any atom is 0.247 e. The van der Waals surface area contributed by atoms with Crippen molar-refractivity contribution in [2.75, 3.05) is 6.54 Å². The number of ketones is 1. The number of H-pyrrole nitrogens is 1. The molecule has 2 heterocycles. The third-order valence-electron chi connectivity index (χ3n) is 3.55. The van der Waals surface area contributed by atoms with E-state index in [-0.39, 0.29) is 10.7 Å². The molecule has 1 aromatic heterocycles. The number of hydrogen-bond acceptors (Lipinski definition) is 4. The van der Waals surface area contributed by atoms with Gasteiger partial charge in [0.05, 0.1) is 17.4 Å². The van der Waals surface area contributed by atoms with E-state index in [4.69, 9.17) is 0 Å². The quantitative estimate of drug-likeness (QED) is 0.903. The molecule has 6 nitrogen and oxygen atoms in total. The third kappa shape index (κ3) is 2.44. The molecule has 0 saturated carbocycles. The summed E-state index contributed by atoms with van der Waals surface area (Å²) >= 11 is 0. The van der Waals surface area contributed by atoms with Gasteiger partial charge in [0.1, 0.15) is 10.7 Å². The van der Waals surface area contributed by atoms with Crippen molar-refractivity contribution in [1.29, 1.82) is 0 Å². The van der Waals surface area contributed by atoms with Gasteiger partial charge in [0.25, 0.3) is 0 Å². The molecule has 1 aromatic rings. The van der Waals surface area contributed by atoms with Gasteiger partial charge in [-0.15, -0.1) is 0 Å². The van der Waals surface area contributed by atoms with Crippen molar-refractivity contribution in [2.24, 2.45) is 0 Å². The van der Waals surface area contributed by atoms with Crippen LogP contribution in [0.4, 0.5) is 0 Å². The first-order valence-corrected chi connectivity index (χ1v) is 7.83. The number of carbonyl (C=O) groups is 1. The highest BCUT2D eigenvalue weighted by Crippen LogP contribution is 2.28. The highest BCUT2D eigenvalue weighted by molar-refractivity contribution is 7.89. The van der Waals surface area contributed by atoms with Crippen LogP contribution in [0.25, 0.3) is 0 Å². The SMILES string of the molecule is CC(=O)C1CCCCN1S(=O)(=O)c1c(C)n[nH]c1C. The van der Waals surface area contributed by atoms with Crippen LogP contribution in [-0.4, -0.2) is 41.3 Å². The fraction of sp³-hybridized carbons (Fsp3) is 0.667. The lowest BCUT2D eigenvalue weighted by Gasteiger charge is -2.33. The van der Waals surface area contributed by atoms with Crippen LogP contribution in [-0.2, 0) is 14.8 Å². The molecule has 1 fully saturated rings. The van der Waals surface area contributed by atoms with Crippen LogP contribution in [0, 0.1) is 13.8 Å². The molecule has 0 aliphatic carbocycles. The first-order valence-electron chi connectivity index (χ1n) is 6.39. The van der Waals surface area contributed by atoms with E-state index in [1.54, 1.807) is 13.8 Å². The van der Waals surface area contributed by atoms with Crippen molar-refractivity contribution in [3.05, 3.63) is 11.4 Å². The summed E-state index contributed by atoms with van der Waals surface area (Å²) in [6, 6.07) is -0.535. The van der Waals surface area contributed by atoms with Gasteiger partial charge in [-0.2, -0.15) is 9.40 Å². The molecule has 7 heteroatoms. The Labute approximate surface area is 113 Å². The van der Waals surface area contributed by atoms with Gasteiger partial charge in [-0.25, -0.2) is 8.42 Å². The molecule has 0 bridgehead atoms. The minimum Gasteiger partial charge on any atom is -0.298 e. The Kier molecular flexibility index (Phi) is 3.78. The van der Waals surface area contributed by atoms with Crippen molar-refractivity contribution in [3.63, 3.8) is 0 Å². The van der Waals surface area contributed by atoms with Gasteiger partial charge in [-0.3, -0.25) is 9.89 Å². The largest absolute Gasteiger partial charge is 0.298 e. The van der Waals surface area contributed by atoms with Gasteiger partial charge in [-0.1, -0.05) is 6.42 Å². The number of aryl methyl sites for hydroxylation is 2. The second-order valence-corrected chi connectivity index (χ2v) is 6.83. The summed E-state index contributed by atoms with van der Waals surface area (Å²) in [5.74, 6) is -0.0953. The molecule has 0 spiro atoms. The van der Waals surface area contributed by atoms with Gasteiger partial charge < -0.3 is 0 Å². The zero-order valence-corrected chi connectivity index (χ0v) is 12.2. The van der Waals surface area contributed by atoms with Gasteiger partial charge in [-0.05, 0) is 33.6 Å². The molecule has 1 atom stereocenters.